The lowest BCUT2D eigenvalue weighted by molar-refractivity contribution is -0.155. The van der Waals surface area contributed by atoms with Crippen LogP contribution in [0.4, 0.5) is 0 Å². The molecule has 242 valence electrons. The van der Waals surface area contributed by atoms with Crippen LogP contribution in [0.2, 0.25) is 0 Å². The fraction of sp³-hybridized carbons (Fsp3) is 0.171. The first-order chi connectivity index (χ1) is 22.7. The zero-order valence-corrected chi connectivity index (χ0v) is 27.1. The number of nitrogens with zero attached hydrogens (tertiary/aromatic N) is 1. The highest BCUT2D eigenvalue weighted by molar-refractivity contribution is 8.72. The number of carbonyl (C=O) groups excluding carboxylic acids is 3. The van der Waals surface area contributed by atoms with Crippen LogP contribution in [-0.4, -0.2) is 56.2 Å². The fourth-order valence-corrected chi connectivity index (χ4v) is 8.33. The molecular weight excluding hydrogens is 641 g/mol. The maximum atomic E-state index is 14.0. The van der Waals surface area contributed by atoms with E-state index in [0.717, 1.165) is 4.90 Å². The molecular formula is C35H32N2O8S2. The van der Waals surface area contributed by atoms with Crippen molar-refractivity contribution in [3.63, 3.8) is 0 Å². The smallest absolute Gasteiger partial charge is 0.359 e. The van der Waals surface area contributed by atoms with Crippen molar-refractivity contribution in [1.29, 1.82) is 0 Å². The number of rotatable bonds is 13. The number of para-hydroxylation sites is 1. The quantitative estimate of drug-likeness (QED) is 0.0682. The first-order valence-electron chi connectivity index (χ1n) is 14.5. The monoisotopic (exact) mass is 672 g/mol. The van der Waals surface area contributed by atoms with Crippen molar-refractivity contribution in [1.82, 2.24) is 10.2 Å². The summed E-state index contributed by atoms with van der Waals surface area (Å²) in [7, 11) is -2.33. The molecule has 10 nitrogen and oxygen atoms in total. The third-order valence-corrected chi connectivity index (χ3v) is 10.9. The van der Waals surface area contributed by atoms with Gasteiger partial charge in [-0.05, 0) is 42.3 Å². The molecule has 4 aromatic carbocycles. The van der Waals surface area contributed by atoms with Crippen LogP contribution in [0.25, 0.3) is 0 Å². The Hall–Kier alpha value is -5.07. The first kappa shape index (κ1) is 33.3. The van der Waals surface area contributed by atoms with Crippen LogP contribution in [0.15, 0.2) is 138 Å². The van der Waals surface area contributed by atoms with E-state index in [0.29, 0.717) is 27.7 Å². The minimum atomic E-state index is -4.08. The Labute approximate surface area is 276 Å². The van der Waals surface area contributed by atoms with Crippen LogP contribution in [-0.2, 0) is 32.7 Å². The fourth-order valence-electron chi connectivity index (χ4n) is 4.84. The predicted molar refractivity (Wildman–Crippen MR) is 176 cm³/mol. The Bertz CT molecular complexity index is 1800. The summed E-state index contributed by atoms with van der Waals surface area (Å²) in [5.41, 5.74) is 1.07. The van der Waals surface area contributed by atoms with E-state index >= 15 is 0 Å². The number of nitrogens with one attached hydrogen (secondary N) is 1. The van der Waals surface area contributed by atoms with Crippen LogP contribution < -0.4 is 10.1 Å². The van der Waals surface area contributed by atoms with Gasteiger partial charge in [-0.1, -0.05) is 97.1 Å². The van der Waals surface area contributed by atoms with Gasteiger partial charge in [-0.15, -0.1) is 0 Å². The lowest BCUT2D eigenvalue weighted by Gasteiger charge is -2.46. The van der Waals surface area contributed by atoms with E-state index < -0.39 is 50.8 Å². The maximum Gasteiger partial charge on any atom is 0.359 e. The van der Waals surface area contributed by atoms with Gasteiger partial charge in [0.05, 0.1) is 12.0 Å². The molecule has 0 saturated carbocycles. The highest BCUT2D eigenvalue weighted by atomic mass is 33.1. The van der Waals surface area contributed by atoms with Crippen LogP contribution in [0.1, 0.15) is 24.2 Å². The molecule has 2 amide bonds. The third-order valence-electron chi connectivity index (χ3n) is 7.23. The Morgan fingerprint density at radius 2 is 1.34 bits per heavy atom. The summed E-state index contributed by atoms with van der Waals surface area (Å²) in [5, 5.41) is 1.32. The van der Waals surface area contributed by atoms with Gasteiger partial charge in [0.2, 0.25) is 8.87 Å². The molecule has 1 fully saturated rings. The Balaban J connectivity index is 1.45. The molecule has 1 saturated heterocycles. The van der Waals surface area contributed by atoms with Gasteiger partial charge in [-0.2, -0.15) is 0 Å². The van der Waals surface area contributed by atoms with E-state index in [4.69, 9.17) is 14.2 Å². The number of methoxy groups -OCH3 is 1. The second-order valence-corrected chi connectivity index (χ2v) is 14.3. The van der Waals surface area contributed by atoms with Crippen molar-refractivity contribution in [3.05, 3.63) is 144 Å². The van der Waals surface area contributed by atoms with Crippen molar-refractivity contribution in [3.8, 4) is 5.75 Å². The molecule has 0 radical (unpaired) electrons. The Morgan fingerprint density at radius 3 is 1.87 bits per heavy atom. The number of benzene rings is 4. The van der Waals surface area contributed by atoms with E-state index in [2.05, 4.69) is 5.32 Å². The number of hydrogen-bond acceptors (Lipinski definition) is 9. The average molecular weight is 673 g/mol. The Morgan fingerprint density at radius 1 is 0.830 bits per heavy atom. The summed E-state index contributed by atoms with van der Waals surface area (Å²) in [6, 6.07) is 33.1. The molecule has 0 aliphatic carbocycles. The van der Waals surface area contributed by atoms with Gasteiger partial charge < -0.3 is 19.5 Å². The zero-order chi connectivity index (χ0) is 33.4. The van der Waals surface area contributed by atoms with Crippen molar-refractivity contribution in [2.45, 2.75) is 29.3 Å². The minimum absolute atomic E-state index is 0.00780. The molecule has 1 heterocycles. The van der Waals surface area contributed by atoms with Crippen molar-refractivity contribution in [2.24, 2.45) is 0 Å². The van der Waals surface area contributed by atoms with Crippen LogP contribution in [0.5, 0.6) is 5.75 Å². The summed E-state index contributed by atoms with van der Waals surface area (Å²) in [6.45, 7) is 1.05. The van der Waals surface area contributed by atoms with E-state index in [-0.39, 0.29) is 16.4 Å². The van der Waals surface area contributed by atoms with E-state index in [1.807, 2.05) is 36.4 Å². The van der Waals surface area contributed by atoms with Gasteiger partial charge >= 0.3 is 5.97 Å². The van der Waals surface area contributed by atoms with Crippen molar-refractivity contribution < 1.29 is 37.0 Å². The first-order valence-corrected chi connectivity index (χ1v) is 17.4. The molecule has 0 bridgehead atoms. The highest BCUT2D eigenvalue weighted by Gasteiger charge is 2.55. The molecule has 1 aliphatic rings. The van der Waals surface area contributed by atoms with Crippen LogP contribution in [0.3, 0.4) is 0 Å². The lowest BCUT2D eigenvalue weighted by Crippen LogP contribution is -2.70. The molecule has 4 aromatic rings. The topological polar surface area (TPSA) is 128 Å². The number of amides is 2. The van der Waals surface area contributed by atoms with Crippen LogP contribution >= 0.6 is 10.8 Å². The average Bonchev–Trinajstić information content (AvgIpc) is 3.11. The number of hydrogen-bond donors (Lipinski definition) is 1. The second-order valence-electron chi connectivity index (χ2n) is 10.3. The summed E-state index contributed by atoms with van der Waals surface area (Å²) >= 11 is 0. The second kappa shape index (κ2) is 15.0. The molecule has 2 atom stereocenters. The summed E-state index contributed by atoms with van der Waals surface area (Å²) < 4.78 is 44.0. The number of ether oxygens (including phenoxy) is 3. The molecule has 2 unspecified atom stereocenters. The summed E-state index contributed by atoms with van der Waals surface area (Å²) in [5.74, 6) is -1.84. The van der Waals surface area contributed by atoms with E-state index in [9.17, 15) is 22.8 Å². The molecule has 47 heavy (non-hydrogen) atoms. The van der Waals surface area contributed by atoms with Gasteiger partial charge in [0.25, 0.3) is 11.8 Å². The predicted octanol–water partition coefficient (Wildman–Crippen LogP) is 5.05. The maximum absolute atomic E-state index is 14.0. The molecule has 12 heteroatoms. The normalized spacial score (nSPS) is 16.5. The standard InChI is InChI=1S/C35H32N2O8S2/c1-24(43-2)31(35(40)45-32(25-15-7-3-8-16-25)26-17-9-4-10-18-26)37-33(39)30(36-29(38)23-44-27-19-11-5-12-20-27)34(37)46-47(41,42)28-21-13-6-14-22-28/h3-22,30,32,34H,23H2,1-2H3,(H,36,38)/b31-24-. The van der Waals surface area contributed by atoms with E-state index in [1.54, 1.807) is 72.8 Å². The molecule has 0 spiro atoms. The van der Waals surface area contributed by atoms with Gasteiger partial charge in [0.15, 0.2) is 18.4 Å². The summed E-state index contributed by atoms with van der Waals surface area (Å²) in [6.07, 6.45) is -0.856. The third kappa shape index (κ3) is 7.84. The number of β-lactam (4-membered cyclic amide) rings is 1. The van der Waals surface area contributed by atoms with Gasteiger partial charge in [0.1, 0.15) is 22.9 Å². The molecule has 5 rings (SSSR count). The van der Waals surface area contributed by atoms with E-state index in [1.165, 1.54) is 26.2 Å². The number of esters is 1. The van der Waals surface area contributed by atoms with Gasteiger partial charge in [-0.25, -0.2) is 13.2 Å². The van der Waals surface area contributed by atoms with Crippen LogP contribution in [0, 0.1) is 0 Å². The number of carbonyl (C=O) groups is 3. The minimum Gasteiger partial charge on any atom is -0.499 e. The Kier molecular flexibility index (Phi) is 10.6. The summed E-state index contributed by atoms with van der Waals surface area (Å²) in [4.78, 5) is 41.7. The highest BCUT2D eigenvalue weighted by Crippen LogP contribution is 2.41. The van der Waals surface area contributed by atoms with Gasteiger partial charge in [0, 0.05) is 10.8 Å². The van der Waals surface area contributed by atoms with Crippen molar-refractivity contribution >= 4 is 37.4 Å². The van der Waals surface area contributed by atoms with Gasteiger partial charge in [-0.3, -0.25) is 14.5 Å². The largest absolute Gasteiger partial charge is 0.499 e. The zero-order valence-electron chi connectivity index (χ0n) is 25.5. The molecule has 1 aliphatic heterocycles. The lowest BCUT2D eigenvalue weighted by atomic mass is 10.0. The number of likely N-dealkylation sites (tertiary alicyclic amines) is 1. The number of allylic oxidation sites excluding steroid dienone is 1. The molecule has 0 aromatic heterocycles. The molecule has 1 N–H and O–H groups in total. The van der Waals surface area contributed by atoms with Crippen molar-refractivity contribution in [2.75, 3.05) is 13.7 Å². The SMILES string of the molecule is CO/C(C)=C(/C(=O)OC(c1ccccc1)c1ccccc1)N1C(=O)C(NC(=O)COc2ccccc2)C1SS(=O)(=O)c1ccccc1.